The number of halogens is 4. The van der Waals surface area contributed by atoms with Crippen LogP contribution in [0.25, 0.3) is 0 Å². The predicted molar refractivity (Wildman–Crippen MR) is 79.1 cm³/mol. The summed E-state index contributed by atoms with van der Waals surface area (Å²) in [6, 6.07) is 6.58. The van der Waals surface area contributed by atoms with Crippen molar-refractivity contribution in [2.24, 2.45) is 0 Å². The van der Waals surface area contributed by atoms with E-state index in [2.05, 4.69) is 5.32 Å². The van der Waals surface area contributed by atoms with Gasteiger partial charge in [0.15, 0.2) is 0 Å². The van der Waals surface area contributed by atoms with Gasteiger partial charge in [0.25, 0.3) is 0 Å². The van der Waals surface area contributed by atoms with Gasteiger partial charge in [0.2, 0.25) is 0 Å². The zero-order chi connectivity index (χ0) is 16.5. The maximum absolute atomic E-state index is 13.5. The number of rotatable bonds is 3. The Bertz CT molecular complexity index is 670. The summed E-state index contributed by atoms with van der Waals surface area (Å²) in [5.74, 6) is -1.27. The number of anilines is 2. The predicted octanol–water partition coefficient (Wildman–Crippen LogP) is 4.66. The Morgan fingerprint density at radius 3 is 2.14 bits per heavy atom. The molecule has 0 atom stereocenters. The number of nitrogens with one attached hydrogen (secondary N) is 1. The van der Waals surface area contributed by atoms with Gasteiger partial charge in [0, 0.05) is 17.9 Å². The van der Waals surface area contributed by atoms with Crippen LogP contribution in [0.4, 0.5) is 28.9 Å². The first-order valence-electron chi connectivity index (χ1n) is 6.64. The van der Waals surface area contributed by atoms with E-state index >= 15 is 0 Å². The highest BCUT2D eigenvalue weighted by Crippen LogP contribution is 2.31. The van der Waals surface area contributed by atoms with Crippen LogP contribution in [0, 0.1) is 19.7 Å². The second-order valence-electron chi connectivity index (χ2n) is 5.19. The lowest BCUT2D eigenvalue weighted by atomic mass is 10.1. The number of nitrogens with two attached hydrogens (primary N) is 1. The van der Waals surface area contributed by atoms with E-state index in [1.165, 1.54) is 6.07 Å². The molecule has 0 spiro atoms. The second-order valence-corrected chi connectivity index (χ2v) is 5.19. The molecule has 0 aliphatic rings. The van der Waals surface area contributed by atoms with E-state index < -0.39 is 17.6 Å². The van der Waals surface area contributed by atoms with Crippen molar-refractivity contribution in [2.75, 3.05) is 11.1 Å². The summed E-state index contributed by atoms with van der Waals surface area (Å²) in [5.41, 5.74) is 8.32. The molecule has 2 aromatic rings. The van der Waals surface area contributed by atoms with E-state index in [-0.39, 0.29) is 6.54 Å². The van der Waals surface area contributed by atoms with Crippen LogP contribution in [0.2, 0.25) is 0 Å². The number of benzene rings is 2. The lowest BCUT2D eigenvalue weighted by Crippen LogP contribution is -2.09. The van der Waals surface area contributed by atoms with E-state index in [0.717, 1.165) is 28.9 Å². The normalized spacial score (nSPS) is 11.5. The highest BCUT2D eigenvalue weighted by molar-refractivity contribution is 5.61. The van der Waals surface area contributed by atoms with E-state index in [1.54, 1.807) is 0 Å². The van der Waals surface area contributed by atoms with Crippen LogP contribution in [-0.2, 0) is 12.7 Å². The molecule has 0 saturated carbocycles. The van der Waals surface area contributed by atoms with Crippen molar-refractivity contribution >= 4 is 11.4 Å². The zero-order valence-corrected chi connectivity index (χ0v) is 12.2. The fraction of sp³-hybridized carbons (Fsp3) is 0.250. The van der Waals surface area contributed by atoms with Gasteiger partial charge in [-0.1, -0.05) is 6.07 Å². The van der Waals surface area contributed by atoms with Crippen LogP contribution < -0.4 is 11.1 Å². The summed E-state index contributed by atoms with van der Waals surface area (Å²) >= 11 is 0. The Labute approximate surface area is 126 Å². The Morgan fingerprint density at radius 1 is 1.05 bits per heavy atom. The summed E-state index contributed by atoms with van der Waals surface area (Å²) in [5, 5.41) is 3.05. The molecule has 0 saturated heterocycles. The molecule has 0 aliphatic carbocycles. The van der Waals surface area contributed by atoms with E-state index in [1.807, 2.05) is 26.0 Å². The molecule has 118 valence electrons. The monoisotopic (exact) mass is 312 g/mol. The number of nitrogen functional groups attached to an aromatic ring is 1. The average Bonchev–Trinajstić information content (AvgIpc) is 2.41. The third-order valence-corrected chi connectivity index (χ3v) is 3.43. The van der Waals surface area contributed by atoms with Gasteiger partial charge in [-0.2, -0.15) is 13.2 Å². The van der Waals surface area contributed by atoms with Crippen molar-refractivity contribution in [2.45, 2.75) is 26.6 Å². The molecule has 0 aromatic heterocycles. The van der Waals surface area contributed by atoms with Crippen molar-refractivity contribution in [3.05, 3.63) is 58.4 Å². The smallest absolute Gasteiger partial charge is 0.398 e. The summed E-state index contributed by atoms with van der Waals surface area (Å²) in [7, 11) is 0. The molecule has 6 heteroatoms. The summed E-state index contributed by atoms with van der Waals surface area (Å²) in [4.78, 5) is 0. The van der Waals surface area contributed by atoms with Gasteiger partial charge in [-0.05, 0) is 54.8 Å². The number of hydrogen-bond donors (Lipinski definition) is 2. The molecule has 22 heavy (non-hydrogen) atoms. The minimum atomic E-state index is -4.68. The summed E-state index contributed by atoms with van der Waals surface area (Å²) in [6.07, 6.45) is -4.68. The van der Waals surface area contributed by atoms with Crippen LogP contribution in [0.15, 0.2) is 30.3 Å². The number of alkyl halides is 3. The van der Waals surface area contributed by atoms with Gasteiger partial charge in [-0.25, -0.2) is 4.39 Å². The fourth-order valence-electron chi connectivity index (χ4n) is 2.18. The summed E-state index contributed by atoms with van der Waals surface area (Å²) < 4.78 is 51.0. The Kier molecular flexibility index (Phi) is 4.30. The Morgan fingerprint density at radius 2 is 1.64 bits per heavy atom. The lowest BCUT2D eigenvalue weighted by Gasteiger charge is -2.13. The topological polar surface area (TPSA) is 38.0 Å². The molecule has 2 aromatic carbocycles. The number of hydrogen-bond acceptors (Lipinski definition) is 2. The highest BCUT2D eigenvalue weighted by Gasteiger charge is 2.33. The quantitative estimate of drug-likeness (QED) is 0.639. The molecule has 0 aliphatic heterocycles. The van der Waals surface area contributed by atoms with Crippen LogP contribution in [-0.4, -0.2) is 0 Å². The Hall–Kier alpha value is -2.24. The van der Waals surface area contributed by atoms with Crippen molar-refractivity contribution in [3.63, 3.8) is 0 Å². The third kappa shape index (κ3) is 3.50. The molecule has 0 fully saturated rings. The maximum atomic E-state index is 13.5. The van der Waals surface area contributed by atoms with E-state index in [4.69, 9.17) is 5.73 Å². The van der Waals surface area contributed by atoms with Gasteiger partial charge in [-0.15, -0.1) is 0 Å². The minimum Gasteiger partial charge on any atom is -0.398 e. The van der Waals surface area contributed by atoms with Crippen LogP contribution >= 0.6 is 0 Å². The van der Waals surface area contributed by atoms with Crippen molar-refractivity contribution in [1.29, 1.82) is 0 Å². The molecule has 0 bridgehead atoms. The van der Waals surface area contributed by atoms with E-state index in [9.17, 15) is 17.6 Å². The van der Waals surface area contributed by atoms with Gasteiger partial charge < -0.3 is 11.1 Å². The first-order chi connectivity index (χ1) is 10.2. The molecular weight excluding hydrogens is 296 g/mol. The van der Waals surface area contributed by atoms with Gasteiger partial charge in [0.05, 0.1) is 5.56 Å². The van der Waals surface area contributed by atoms with Crippen molar-refractivity contribution < 1.29 is 17.6 Å². The molecule has 0 radical (unpaired) electrons. The molecule has 3 N–H and O–H groups in total. The Balaban J connectivity index is 2.14. The molecular formula is C16H16F4N2. The molecule has 0 heterocycles. The lowest BCUT2D eigenvalue weighted by molar-refractivity contribution is -0.140. The first kappa shape index (κ1) is 16.1. The van der Waals surface area contributed by atoms with Crippen LogP contribution in [0.5, 0.6) is 0 Å². The SMILES string of the molecule is Cc1cc(NCc2ccc(C(F)(F)F)c(F)c2)cc(C)c1N. The zero-order valence-electron chi connectivity index (χ0n) is 12.2. The van der Waals surface area contributed by atoms with E-state index in [0.29, 0.717) is 11.3 Å². The van der Waals surface area contributed by atoms with Crippen molar-refractivity contribution in [1.82, 2.24) is 0 Å². The second kappa shape index (κ2) is 5.87. The fourth-order valence-corrected chi connectivity index (χ4v) is 2.18. The van der Waals surface area contributed by atoms with Gasteiger partial charge in [-0.3, -0.25) is 0 Å². The average molecular weight is 312 g/mol. The van der Waals surface area contributed by atoms with Crippen LogP contribution in [0.3, 0.4) is 0 Å². The third-order valence-electron chi connectivity index (χ3n) is 3.43. The first-order valence-corrected chi connectivity index (χ1v) is 6.64. The summed E-state index contributed by atoms with van der Waals surface area (Å²) in [6.45, 7) is 3.95. The highest BCUT2D eigenvalue weighted by atomic mass is 19.4. The van der Waals surface area contributed by atoms with Gasteiger partial charge in [0.1, 0.15) is 5.82 Å². The maximum Gasteiger partial charge on any atom is 0.419 e. The molecule has 0 amide bonds. The van der Waals surface area contributed by atoms with Crippen LogP contribution in [0.1, 0.15) is 22.3 Å². The molecule has 0 unspecified atom stereocenters. The molecule has 2 rings (SSSR count). The molecule has 2 nitrogen and oxygen atoms in total. The minimum absolute atomic E-state index is 0.220. The standard InChI is InChI=1S/C16H16F4N2/c1-9-5-12(6-10(2)15(9)21)22-8-11-3-4-13(14(17)7-11)16(18,19)20/h3-7,22H,8,21H2,1-2H3. The van der Waals surface area contributed by atoms with Crippen molar-refractivity contribution in [3.8, 4) is 0 Å². The van der Waals surface area contributed by atoms with Gasteiger partial charge >= 0.3 is 6.18 Å². The number of aryl methyl sites for hydroxylation is 2. The largest absolute Gasteiger partial charge is 0.419 e.